The van der Waals surface area contributed by atoms with Gasteiger partial charge in [-0.05, 0) is 18.2 Å². The molecule has 0 saturated heterocycles. The molecule has 2 heterocycles. The Morgan fingerprint density at radius 2 is 1.88 bits per heavy atom. The summed E-state index contributed by atoms with van der Waals surface area (Å²) in [5, 5.41) is 22.0. The summed E-state index contributed by atoms with van der Waals surface area (Å²) >= 11 is 0. The zero-order chi connectivity index (χ0) is 17.3. The van der Waals surface area contributed by atoms with Crippen LogP contribution in [0, 0.1) is 0 Å². The lowest BCUT2D eigenvalue weighted by Crippen LogP contribution is -2.12. The molecule has 1 N–H and O–H groups in total. The highest BCUT2D eigenvalue weighted by Crippen LogP contribution is 2.30. The van der Waals surface area contributed by atoms with E-state index in [1.165, 1.54) is 16.8 Å². The van der Waals surface area contributed by atoms with E-state index < -0.39 is 17.8 Å². The fourth-order valence-corrected chi connectivity index (χ4v) is 2.33. The van der Waals surface area contributed by atoms with Crippen LogP contribution in [0.15, 0.2) is 42.7 Å². The Kier molecular flexibility index (Phi) is 4.10. The van der Waals surface area contributed by atoms with Gasteiger partial charge in [0.2, 0.25) is 0 Å². The molecule has 1 atom stereocenters. The SMILES string of the molecule is Cn1nccc1C(O)Cn1cc(-c2ccc(C(F)(F)F)cc2)nn1. The molecule has 0 saturated carbocycles. The standard InChI is InChI=1S/C15H14F3N5O/c1-22-13(6-7-19-22)14(24)9-23-8-12(20-21-23)10-2-4-11(5-3-10)15(16,17)18/h2-8,14,24H,9H2,1H3. The van der Waals surface area contributed by atoms with Gasteiger partial charge in [-0.2, -0.15) is 18.3 Å². The summed E-state index contributed by atoms with van der Waals surface area (Å²) in [6, 6.07) is 6.37. The maximum Gasteiger partial charge on any atom is 0.416 e. The van der Waals surface area contributed by atoms with Crippen molar-refractivity contribution in [1.29, 1.82) is 0 Å². The predicted molar refractivity (Wildman–Crippen MR) is 78.6 cm³/mol. The van der Waals surface area contributed by atoms with Gasteiger partial charge in [0, 0.05) is 18.8 Å². The number of hydrogen-bond acceptors (Lipinski definition) is 4. The Morgan fingerprint density at radius 1 is 1.17 bits per heavy atom. The minimum atomic E-state index is -4.37. The van der Waals surface area contributed by atoms with E-state index in [1.54, 1.807) is 30.2 Å². The molecule has 24 heavy (non-hydrogen) atoms. The minimum Gasteiger partial charge on any atom is -0.385 e. The zero-order valence-corrected chi connectivity index (χ0v) is 12.6. The summed E-state index contributed by atoms with van der Waals surface area (Å²) < 4.78 is 40.7. The number of aromatic nitrogens is 5. The van der Waals surface area contributed by atoms with Crippen LogP contribution in [-0.4, -0.2) is 29.9 Å². The van der Waals surface area contributed by atoms with Gasteiger partial charge in [-0.3, -0.25) is 4.68 Å². The number of hydrogen-bond donors (Lipinski definition) is 1. The Bertz CT molecular complexity index is 822. The Labute approximate surface area is 135 Å². The van der Waals surface area contributed by atoms with Crippen LogP contribution < -0.4 is 0 Å². The van der Waals surface area contributed by atoms with Crippen LogP contribution in [-0.2, 0) is 19.8 Å². The van der Waals surface area contributed by atoms with Crippen molar-refractivity contribution in [2.75, 3.05) is 0 Å². The van der Waals surface area contributed by atoms with E-state index in [1.807, 2.05) is 0 Å². The molecule has 3 rings (SSSR count). The molecule has 1 unspecified atom stereocenters. The van der Waals surface area contributed by atoms with Gasteiger partial charge in [0.25, 0.3) is 0 Å². The molecule has 1 aromatic carbocycles. The molecular weight excluding hydrogens is 323 g/mol. The summed E-state index contributed by atoms with van der Waals surface area (Å²) in [7, 11) is 1.72. The van der Waals surface area contributed by atoms with Crippen molar-refractivity contribution in [3.8, 4) is 11.3 Å². The van der Waals surface area contributed by atoms with Crippen molar-refractivity contribution in [2.45, 2.75) is 18.8 Å². The second-order valence-corrected chi connectivity index (χ2v) is 5.30. The topological polar surface area (TPSA) is 68.8 Å². The first kappa shape index (κ1) is 16.2. The number of rotatable bonds is 4. The summed E-state index contributed by atoms with van der Waals surface area (Å²) in [6.45, 7) is 0.160. The van der Waals surface area contributed by atoms with E-state index in [4.69, 9.17) is 0 Å². The largest absolute Gasteiger partial charge is 0.416 e. The number of aliphatic hydroxyl groups excluding tert-OH is 1. The molecule has 9 heteroatoms. The minimum absolute atomic E-state index is 0.160. The molecule has 0 spiro atoms. The summed E-state index contributed by atoms with van der Waals surface area (Å²) in [5.41, 5.74) is 0.858. The molecule has 0 bridgehead atoms. The van der Waals surface area contributed by atoms with Gasteiger partial charge >= 0.3 is 6.18 Å². The van der Waals surface area contributed by atoms with E-state index in [2.05, 4.69) is 15.4 Å². The van der Waals surface area contributed by atoms with Crippen LogP contribution in [0.5, 0.6) is 0 Å². The van der Waals surface area contributed by atoms with E-state index in [0.717, 1.165) is 12.1 Å². The average Bonchev–Trinajstić information content (AvgIpc) is 3.15. The van der Waals surface area contributed by atoms with Gasteiger partial charge in [0.15, 0.2) is 0 Å². The van der Waals surface area contributed by atoms with Crippen LogP contribution in [0.3, 0.4) is 0 Å². The van der Waals surface area contributed by atoms with Crippen LogP contribution in [0.4, 0.5) is 13.2 Å². The van der Waals surface area contributed by atoms with E-state index in [9.17, 15) is 18.3 Å². The molecule has 0 aliphatic rings. The number of nitrogens with zero attached hydrogens (tertiary/aromatic N) is 5. The number of aliphatic hydroxyl groups is 1. The number of aryl methyl sites for hydroxylation is 1. The van der Waals surface area contributed by atoms with Crippen LogP contribution in [0.1, 0.15) is 17.4 Å². The third-order valence-corrected chi connectivity index (χ3v) is 3.61. The van der Waals surface area contributed by atoms with Crippen molar-refractivity contribution >= 4 is 0 Å². The molecule has 0 aliphatic heterocycles. The lowest BCUT2D eigenvalue weighted by atomic mass is 10.1. The van der Waals surface area contributed by atoms with Crippen LogP contribution in [0.2, 0.25) is 0 Å². The van der Waals surface area contributed by atoms with Gasteiger partial charge in [0.05, 0.1) is 24.0 Å². The molecule has 2 aromatic heterocycles. The van der Waals surface area contributed by atoms with Gasteiger partial charge < -0.3 is 5.11 Å². The maximum atomic E-state index is 12.6. The maximum absolute atomic E-state index is 12.6. The quantitative estimate of drug-likeness (QED) is 0.794. The third kappa shape index (κ3) is 3.30. The summed E-state index contributed by atoms with van der Waals surface area (Å²) in [4.78, 5) is 0. The zero-order valence-electron chi connectivity index (χ0n) is 12.6. The average molecular weight is 337 g/mol. The van der Waals surface area contributed by atoms with Crippen LogP contribution in [0.25, 0.3) is 11.3 Å². The Hall–Kier alpha value is -2.68. The van der Waals surface area contributed by atoms with Gasteiger partial charge in [-0.1, -0.05) is 17.3 Å². The van der Waals surface area contributed by atoms with Crippen molar-refractivity contribution in [3.05, 3.63) is 54.0 Å². The van der Waals surface area contributed by atoms with Gasteiger partial charge in [-0.25, -0.2) is 4.68 Å². The highest BCUT2D eigenvalue weighted by molar-refractivity contribution is 5.58. The number of halogens is 3. The fraction of sp³-hybridized carbons (Fsp3) is 0.267. The second kappa shape index (κ2) is 6.08. The number of benzene rings is 1. The van der Waals surface area contributed by atoms with Crippen molar-refractivity contribution in [2.24, 2.45) is 7.05 Å². The molecule has 0 aliphatic carbocycles. The monoisotopic (exact) mass is 337 g/mol. The number of alkyl halides is 3. The van der Waals surface area contributed by atoms with E-state index >= 15 is 0 Å². The Balaban J connectivity index is 1.75. The first-order chi connectivity index (χ1) is 11.3. The molecule has 0 fully saturated rings. The smallest absolute Gasteiger partial charge is 0.385 e. The predicted octanol–water partition coefficient (Wildman–Crippen LogP) is 2.43. The van der Waals surface area contributed by atoms with Crippen molar-refractivity contribution in [1.82, 2.24) is 24.8 Å². The molecular formula is C15H14F3N5O. The lowest BCUT2D eigenvalue weighted by molar-refractivity contribution is -0.137. The molecule has 6 nitrogen and oxygen atoms in total. The lowest BCUT2D eigenvalue weighted by Gasteiger charge is -2.10. The van der Waals surface area contributed by atoms with E-state index in [-0.39, 0.29) is 6.54 Å². The Morgan fingerprint density at radius 3 is 2.46 bits per heavy atom. The first-order valence-electron chi connectivity index (χ1n) is 7.08. The van der Waals surface area contributed by atoms with Crippen LogP contribution >= 0.6 is 0 Å². The molecule has 0 amide bonds. The van der Waals surface area contributed by atoms with E-state index in [0.29, 0.717) is 17.0 Å². The van der Waals surface area contributed by atoms with Crippen molar-refractivity contribution in [3.63, 3.8) is 0 Å². The fourth-order valence-electron chi connectivity index (χ4n) is 2.33. The summed E-state index contributed by atoms with van der Waals surface area (Å²) in [5.74, 6) is 0. The molecule has 3 aromatic rings. The molecule has 0 radical (unpaired) electrons. The van der Waals surface area contributed by atoms with Gasteiger partial charge in [-0.15, -0.1) is 5.10 Å². The summed E-state index contributed by atoms with van der Waals surface area (Å²) in [6.07, 6.45) is -2.04. The normalized spacial score (nSPS) is 13.2. The van der Waals surface area contributed by atoms with Gasteiger partial charge in [0.1, 0.15) is 11.8 Å². The van der Waals surface area contributed by atoms with Crippen molar-refractivity contribution < 1.29 is 18.3 Å². The highest BCUT2D eigenvalue weighted by atomic mass is 19.4. The highest BCUT2D eigenvalue weighted by Gasteiger charge is 2.30. The third-order valence-electron chi connectivity index (χ3n) is 3.61. The first-order valence-corrected chi connectivity index (χ1v) is 7.08. The molecule has 126 valence electrons. The second-order valence-electron chi connectivity index (χ2n) is 5.30.